The third-order valence-corrected chi connectivity index (χ3v) is 13.9. The number of rotatable bonds is 7. The van der Waals surface area contributed by atoms with Crippen LogP contribution in [0.5, 0.6) is 0 Å². The van der Waals surface area contributed by atoms with E-state index in [-0.39, 0.29) is 53.1 Å². The Morgan fingerprint density at radius 2 is 0.869 bits per heavy atom. The first-order chi connectivity index (χ1) is 33.2. The second kappa shape index (κ2) is 14.8. The van der Waals surface area contributed by atoms with Gasteiger partial charge in [-0.2, -0.15) is 0 Å². The molecular weight excluding hydrogens is 775 g/mol. The van der Waals surface area contributed by atoms with E-state index in [0.717, 1.165) is 81.6 Å². The van der Waals surface area contributed by atoms with Gasteiger partial charge in [0, 0.05) is 62.7 Å². The Morgan fingerprint density at radius 3 is 1.51 bits per heavy atom. The lowest BCUT2D eigenvalue weighted by Crippen LogP contribution is -2.10. The first-order valence-electron chi connectivity index (χ1n) is 23.7. The van der Waals surface area contributed by atoms with Crippen molar-refractivity contribution < 1.29 is 9.60 Å². The van der Waals surface area contributed by atoms with E-state index in [0.29, 0.717) is 20.5 Å². The molecular formula is C58H37NS2. The first kappa shape index (κ1) is 29.0. The molecule has 3 heteroatoms. The fourth-order valence-corrected chi connectivity index (χ4v) is 11.0. The van der Waals surface area contributed by atoms with Gasteiger partial charge < -0.3 is 4.90 Å². The second-order valence-corrected chi connectivity index (χ2v) is 17.2. The highest BCUT2D eigenvalue weighted by molar-refractivity contribution is 7.27. The lowest BCUT2D eigenvalue weighted by atomic mass is 9.94. The average Bonchev–Trinajstić information content (AvgIpc) is 3.98. The molecule has 61 heavy (non-hydrogen) atoms. The molecule has 0 aliphatic rings. The predicted molar refractivity (Wildman–Crippen MR) is 266 cm³/mol. The maximum Gasteiger partial charge on any atom is 0.0638 e. The van der Waals surface area contributed by atoms with Gasteiger partial charge in [0.1, 0.15) is 0 Å². The van der Waals surface area contributed by atoms with Crippen molar-refractivity contribution in [3.05, 3.63) is 224 Å². The van der Waals surface area contributed by atoms with Crippen LogP contribution in [0.2, 0.25) is 0 Å². The predicted octanol–water partition coefficient (Wildman–Crippen LogP) is 17.7. The second-order valence-electron chi connectivity index (χ2n) is 15.1. The minimum Gasteiger partial charge on any atom is -0.310 e. The summed E-state index contributed by atoms with van der Waals surface area (Å²) in [4.78, 5) is 2.31. The lowest BCUT2D eigenvalue weighted by molar-refractivity contribution is 1.30. The van der Waals surface area contributed by atoms with E-state index in [2.05, 4.69) is 144 Å². The van der Waals surface area contributed by atoms with Gasteiger partial charge in [-0.1, -0.05) is 176 Å². The van der Waals surface area contributed by atoms with Gasteiger partial charge in [-0.3, -0.25) is 0 Å². The molecule has 0 saturated heterocycles. The fourth-order valence-electron chi connectivity index (χ4n) is 8.69. The molecule has 10 aromatic carbocycles. The van der Waals surface area contributed by atoms with Crippen LogP contribution in [0.1, 0.15) is 9.60 Å². The minimum atomic E-state index is -0.389. The van der Waals surface area contributed by atoms with Gasteiger partial charge in [0.05, 0.1) is 15.3 Å². The van der Waals surface area contributed by atoms with E-state index in [9.17, 15) is 1.37 Å². The number of anilines is 3. The van der Waals surface area contributed by atoms with Crippen molar-refractivity contribution in [3.63, 3.8) is 0 Å². The largest absolute Gasteiger partial charge is 0.310 e. The summed E-state index contributed by atoms with van der Waals surface area (Å²) in [5.41, 5.74) is 10.9. The summed E-state index contributed by atoms with van der Waals surface area (Å²) in [6, 6.07) is 61.6. The first-order valence-corrected chi connectivity index (χ1v) is 21.8. The van der Waals surface area contributed by atoms with E-state index in [1.54, 1.807) is 11.3 Å². The smallest absolute Gasteiger partial charge is 0.0638 e. The summed E-state index contributed by atoms with van der Waals surface area (Å²) >= 11 is 2.88. The Kier molecular flexibility index (Phi) is 7.02. The SMILES string of the molecule is [2H]c1c([2H])c([2H])c2c(sc3c(-c4cc5c(sc6cccc(N(c7ccc(-c8ccccc8)cc7)c7ccc(-c8ccc(-c9ccccc9)cc8)cc7)c65)c5ccccc45)c([2H])c([2H])c([2H])c32)c1[2H]. The van der Waals surface area contributed by atoms with Gasteiger partial charge in [0.2, 0.25) is 0 Å². The molecule has 1 nitrogen and oxygen atoms in total. The number of hydrogen-bond acceptors (Lipinski definition) is 3. The lowest BCUT2D eigenvalue weighted by Gasteiger charge is -2.27. The topological polar surface area (TPSA) is 3.24 Å². The molecule has 0 aliphatic carbocycles. The summed E-state index contributed by atoms with van der Waals surface area (Å²) in [7, 11) is 0. The molecule has 0 bridgehead atoms. The van der Waals surface area contributed by atoms with Crippen LogP contribution < -0.4 is 4.90 Å². The molecule has 0 N–H and O–H groups in total. The Balaban J connectivity index is 1.09. The fraction of sp³-hybridized carbons (Fsp3) is 0. The third kappa shape index (κ3) is 6.13. The molecule has 2 heterocycles. The van der Waals surface area contributed by atoms with Crippen molar-refractivity contribution in [2.75, 3.05) is 4.90 Å². The molecule has 0 radical (unpaired) electrons. The Labute approximate surface area is 372 Å². The molecule has 0 atom stereocenters. The van der Waals surface area contributed by atoms with Crippen LogP contribution in [-0.2, 0) is 0 Å². The highest BCUT2D eigenvalue weighted by atomic mass is 32.1. The van der Waals surface area contributed by atoms with Crippen LogP contribution in [0.25, 0.3) is 95.6 Å². The molecule has 0 unspecified atom stereocenters. The molecule has 0 saturated carbocycles. The van der Waals surface area contributed by atoms with Gasteiger partial charge in [-0.05, 0) is 92.8 Å². The van der Waals surface area contributed by atoms with Crippen molar-refractivity contribution in [1.82, 2.24) is 0 Å². The monoisotopic (exact) mass is 818 g/mol. The van der Waals surface area contributed by atoms with Crippen molar-refractivity contribution >= 4 is 90.9 Å². The maximum absolute atomic E-state index is 9.50. The van der Waals surface area contributed by atoms with Crippen LogP contribution in [0.15, 0.2) is 224 Å². The van der Waals surface area contributed by atoms with Crippen molar-refractivity contribution in [2.45, 2.75) is 0 Å². The van der Waals surface area contributed by atoms with E-state index >= 15 is 0 Å². The van der Waals surface area contributed by atoms with E-state index in [4.69, 9.17) is 8.22 Å². The zero-order chi connectivity index (χ0) is 46.4. The van der Waals surface area contributed by atoms with Gasteiger partial charge in [0.25, 0.3) is 0 Å². The van der Waals surface area contributed by atoms with E-state index < -0.39 is 0 Å². The zero-order valence-corrected chi connectivity index (χ0v) is 34.2. The molecule has 12 aromatic rings. The molecule has 286 valence electrons. The Hall–Kier alpha value is -7.30. The van der Waals surface area contributed by atoms with Gasteiger partial charge in [0.15, 0.2) is 0 Å². The summed E-state index contributed by atoms with van der Waals surface area (Å²) < 4.78 is 65.4. The Bertz CT molecular complexity index is 3960. The molecule has 12 rings (SSSR count). The highest BCUT2D eigenvalue weighted by Crippen LogP contribution is 2.50. The van der Waals surface area contributed by atoms with Crippen LogP contribution in [-0.4, -0.2) is 0 Å². The van der Waals surface area contributed by atoms with Crippen molar-refractivity contribution in [2.24, 2.45) is 0 Å². The number of thiophene rings is 2. The van der Waals surface area contributed by atoms with Crippen molar-refractivity contribution in [3.8, 4) is 44.5 Å². The molecule has 0 amide bonds. The molecule has 0 aliphatic heterocycles. The summed E-state index contributed by atoms with van der Waals surface area (Å²) in [5, 5.41) is 4.33. The average molecular weight is 819 g/mol. The minimum absolute atomic E-state index is 0.122. The van der Waals surface area contributed by atoms with Crippen LogP contribution in [0.4, 0.5) is 17.1 Å². The van der Waals surface area contributed by atoms with Crippen molar-refractivity contribution in [1.29, 1.82) is 0 Å². The number of benzene rings is 10. The maximum atomic E-state index is 9.50. The van der Waals surface area contributed by atoms with Gasteiger partial charge >= 0.3 is 0 Å². The molecule has 2 aromatic heterocycles. The third-order valence-electron chi connectivity index (χ3n) is 11.6. The number of hydrogen-bond donors (Lipinski definition) is 0. The normalized spacial score (nSPS) is 13.2. The highest BCUT2D eigenvalue weighted by Gasteiger charge is 2.22. The summed E-state index contributed by atoms with van der Waals surface area (Å²) in [6.45, 7) is 0. The standard InChI is InChI=1S/C58H37NS2/c1-3-13-38(14-4-1)40-25-27-41(28-26-40)43-31-35-45(36-32-43)59(44-33-29-42(30-34-44)39-15-5-2-6-16-39)53-22-12-24-55-56(53)52-37-51(46-17-7-8-19-48(46)58(52)61-55)50-21-11-20-49-47-18-9-10-23-54(47)60-57(49)50/h1-37H/i9D,10D,11D,18D,20D,21D,23D. The quantitative estimate of drug-likeness (QED) is 0.155. The number of fused-ring (bicyclic) bond motifs is 8. The zero-order valence-electron chi connectivity index (χ0n) is 39.6. The Morgan fingerprint density at radius 1 is 0.344 bits per heavy atom. The van der Waals surface area contributed by atoms with Gasteiger partial charge in [-0.15, -0.1) is 22.7 Å². The van der Waals surface area contributed by atoms with E-state index in [1.165, 1.54) is 11.1 Å². The van der Waals surface area contributed by atoms with Crippen LogP contribution in [0.3, 0.4) is 0 Å². The summed E-state index contributed by atoms with van der Waals surface area (Å²) in [5.74, 6) is 0. The van der Waals surface area contributed by atoms with Gasteiger partial charge in [-0.25, -0.2) is 0 Å². The molecule has 0 fully saturated rings. The number of nitrogens with zero attached hydrogens (tertiary/aromatic N) is 1. The van der Waals surface area contributed by atoms with E-state index in [1.807, 2.05) is 42.5 Å². The molecule has 0 spiro atoms. The summed E-state index contributed by atoms with van der Waals surface area (Å²) in [6.07, 6.45) is 0. The van der Waals surface area contributed by atoms with Crippen LogP contribution >= 0.6 is 22.7 Å². The van der Waals surface area contributed by atoms with Crippen LogP contribution in [0, 0.1) is 0 Å².